The minimum Gasteiger partial charge on any atom is -0.336 e. The molecule has 0 aliphatic heterocycles. The Bertz CT molecular complexity index is 1820. The van der Waals surface area contributed by atoms with E-state index in [0.717, 1.165) is 45.7 Å². The molecule has 41 heavy (non-hydrogen) atoms. The van der Waals surface area contributed by atoms with Crippen molar-refractivity contribution in [3.8, 4) is 16.9 Å². The van der Waals surface area contributed by atoms with Crippen molar-refractivity contribution in [1.82, 2.24) is 19.7 Å². The summed E-state index contributed by atoms with van der Waals surface area (Å²) in [5, 5.41) is 11.2. The molecule has 0 aliphatic carbocycles. The Morgan fingerprint density at radius 3 is 2.44 bits per heavy atom. The highest BCUT2D eigenvalue weighted by Gasteiger charge is 2.21. The summed E-state index contributed by atoms with van der Waals surface area (Å²) in [5.41, 5.74) is 10.4. The Balaban J connectivity index is 1.45. The van der Waals surface area contributed by atoms with Gasteiger partial charge in [-0.15, -0.1) is 0 Å². The zero-order valence-corrected chi connectivity index (χ0v) is 24.3. The molecule has 0 aliphatic rings. The molecule has 0 spiro atoms. The summed E-state index contributed by atoms with van der Waals surface area (Å²) >= 11 is 6.90. The molecule has 0 atom stereocenters. The first kappa shape index (κ1) is 27.3. The van der Waals surface area contributed by atoms with Crippen molar-refractivity contribution in [2.75, 3.05) is 19.8 Å². The van der Waals surface area contributed by atoms with Crippen molar-refractivity contribution < 1.29 is 4.39 Å². The molecule has 0 radical (unpaired) electrons. The van der Waals surface area contributed by atoms with Gasteiger partial charge in [0.1, 0.15) is 0 Å². The number of halogens is 2. The molecule has 6 rings (SSSR count). The van der Waals surface area contributed by atoms with Crippen LogP contribution in [0.5, 0.6) is 0 Å². The van der Waals surface area contributed by atoms with Crippen molar-refractivity contribution in [3.63, 3.8) is 0 Å². The van der Waals surface area contributed by atoms with Crippen molar-refractivity contribution in [2.24, 2.45) is 0 Å². The smallest absolute Gasteiger partial charge is 0.0906 e. The number of hydrogen-bond donors (Lipinski definition) is 1. The lowest BCUT2D eigenvalue weighted by Crippen LogP contribution is -2.18. The number of nitrogens with one attached hydrogen (secondary N) is 1. The van der Waals surface area contributed by atoms with Crippen LogP contribution in [0.1, 0.15) is 28.7 Å². The summed E-state index contributed by atoms with van der Waals surface area (Å²) in [4.78, 5) is 0. The summed E-state index contributed by atoms with van der Waals surface area (Å²) in [5.74, 6) is 0. The first-order valence-corrected chi connectivity index (χ1v) is 14.6. The Hall–Kier alpha value is -3.93. The standard InChI is InChI=1S/C35H34ClFN4/c1-24-9-6-7-12-29(24)35-25(2)34-30-22-39-41(28-10-4-3-5-11-28)32(30)15-16-33(34)40(35)23-27-14-13-26(21-31(27)36)17-20-38-19-8-18-37/h3-7,9-16,21-22,38H,8,17-20,23H2,1-2H3. The molecule has 0 unspecified atom stereocenters. The molecule has 0 fully saturated rings. The van der Waals surface area contributed by atoms with Crippen LogP contribution in [0.25, 0.3) is 38.8 Å². The maximum Gasteiger partial charge on any atom is 0.0906 e. The average Bonchev–Trinajstić information content (AvgIpc) is 3.54. The van der Waals surface area contributed by atoms with E-state index in [4.69, 9.17) is 16.7 Å². The predicted octanol–water partition coefficient (Wildman–Crippen LogP) is 8.46. The normalized spacial score (nSPS) is 11.6. The van der Waals surface area contributed by atoms with Crippen LogP contribution in [0, 0.1) is 13.8 Å². The Morgan fingerprint density at radius 1 is 0.878 bits per heavy atom. The third kappa shape index (κ3) is 5.28. The summed E-state index contributed by atoms with van der Waals surface area (Å²) in [6, 6.07) is 29.6. The number of alkyl halides is 1. The molecule has 2 heterocycles. The molecular formula is C35H34ClFN4. The van der Waals surface area contributed by atoms with E-state index in [-0.39, 0.29) is 6.67 Å². The van der Waals surface area contributed by atoms with Gasteiger partial charge in [0.25, 0.3) is 0 Å². The van der Waals surface area contributed by atoms with E-state index >= 15 is 0 Å². The Morgan fingerprint density at radius 2 is 1.66 bits per heavy atom. The number of hydrogen-bond acceptors (Lipinski definition) is 2. The van der Waals surface area contributed by atoms with Gasteiger partial charge in [0.2, 0.25) is 0 Å². The van der Waals surface area contributed by atoms with Gasteiger partial charge in [0, 0.05) is 33.4 Å². The van der Waals surface area contributed by atoms with Crippen molar-refractivity contribution in [1.29, 1.82) is 0 Å². The number of fused-ring (bicyclic) bond motifs is 3. The highest BCUT2D eigenvalue weighted by atomic mass is 35.5. The fraction of sp³-hybridized carbons (Fsp3) is 0.229. The molecule has 6 aromatic rings. The first-order valence-electron chi connectivity index (χ1n) is 14.2. The predicted molar refractivity (Wildman–Crippen MR) is 169 cm³/mol. The highest BCUT2D eigenvalue weighted by Crippen LogP contribution is 2.39. The number of aryl methyl sites for hydroxylation is 2. The molecule has 0 saturated carbocycles. The minimum absolute atomic E-state index is 0.285. The van der Waals surface area contributed by atoms with Gasteiger partial charge in [0.05, 0.1) is 29.8 Å². The number of benzene rings is 4. The van der Waals surface area contributed by atoms with Crippen LogP contribution < -0.4 is 5.32 Å². The number of para-hydroxylation sites is 1. The average molecular weight is 565 g/mol. The first-order chi connectivity index (χ1) is 20.1. The van der Waals surface area contributed by atoms with E-state index in [1.165, 1.54) is 33.3 Å². The van der Waals surface area contributed by atoms with E-state index in [9.17, 15) is 4.39 Å². The zero-order chi connectivity index (χ0) is 28.3. The second-order valence-corrected chi connectivity index (χ2v) is 11.0. The molecule has 6 heteroatoms. The molecule has 0 amide bonds. The molecule has 0 saturated heterocycles. The maximum atomic E-state index is 12.4. The van der Waals surface area contributed by atoms with Crippen molar-refractivity contribution in [3.05, 3.63) is 118 Å². The number of rotatable bonds is 10. The topological polar surface area (TPSA) is 34.8 Å². The lowest BCUT2D eigenvalue weighted by atomic mass is 10.0. The van der Waals surface area contributed by atoms with E-state index in [1.807, 2.05) is 29.1 Å². The fourth-order valence-corrected chi connectivity index (χ4v) is 6.13. The number of nitrogens with zero attached hydrogens (tertiary/aromatic N) is 3. The van der Waals surface area contributed by atoms with Crippen LogP contribution in [0.15, 0.2) is 91.1 Å². The van der Waals surface area contributed by atoms with Crippen LogP contribution in [-0.4, -0.2) is 34.1 Å². The van der Waals surface area contributed by atoms with Crippen LogP contribution in [-0.2, 0) is 13.0 Å². The quantitative estimate of drug-likeness (QED) is 0.169. The fourth-order valence-electron chi connectivity index (χ4n) is 5.87. The molecule has 4 aromatic carbocycles. The van der Waals surface area contributed by atoms with Gasteiger partial charge in [0.15, 0.2) is 0 Å². The third-order valence-corrected chi connectivity index (χ3v) is 8.30. The third-order valence-electron chi connectivity index (χ3n) is 7.95. The number of aromatic nitrogens is 3. The van der Waals surface area contributed by atoms with E-state index < -0.39 is 0 Å². The molecule has 208 valence electrons. The SMILES string of the molecule is Cc1ccccc1-c1c(C)c2c3cnn(-c4ccccc4)c3ccc2n1Cc1ccc(CCNCCCF)cc1Cl. The second-order valence-electron chi connectivity index (χ2n) is 10.6. The van der Waals surface area contributed by atoms with Gasteiger partial charge >= 0.3 is 0 Å². The van der Waals surface area contributed by atoms with E-state index in [2.05, 4.69) is 90.5 Å². The van der Waals surface area contributed by atoms with Gasteiger partial charge in [-0.3, -0.25) is 4.39 Å². The second kappa shape index (κ2) is 11.9. The molecule has 1 N–H and O–H groups in total. The monoisotopic (exact) mass is 564 g/mol. The Kier molecular flexibility index (Phi) is 7.91. The highest BCUT2D eigenvalue weighted by molar-refractivity contribution is 6.31. The van der Waals surface area contributed by atoms with Crippen LogP contribution in [0.3, 0.4) is 0 Å². The van der Waals surface area contributed by atoms with Gasteiger partial charge in [-0.2, -0.15) is 5.10 Å². The van der Waals surface area contributed by atoms with Gasteiger partial charge in [-0.05, 0) is 92.4 Å². The van der Waals surface area contributed by atoms with Gasteiger partial charge in [-0.25, -0.2) is 4.68 Å². The molecule has 4 nitrogen and oxygen atoms in total. The summed E-state index contributed by atoms with van der Waals surface area (Å²) in [6.07, 6.45) is 3.40. The lowest BCUT2D eigenvalue weighted by molar-refractivity contribution is 0.460. The summed E-state index contributed by atoms with van der Waals surface area (Å²) < 4.78 is 16.8. The van der Waals surface area contributed by atoms with Gasteiger partial charge < -0.3 is 9.88 Å². The van der Waals surface area contributed by atoms with E-state index in [0.29, 0.717) is 19.5 Å². The van der Waals surface area contributed by atoms with Crippen LogP contribution >= 0.6 is 11.6 Å². The molecular weight excluding hydrogens is 531 g/mol. The minimum atomic E-state index is -0.285. The summed E-state index contributed by atoms with van der Waals surface area (Å²) in [7, 11) is 0. The largest absolute Gasteiger partial charge is 0.336 e. The molecule has 0 bridgehead atoms. The van der Waals surface area contributed by atoms with E-state index in [1.54, 1.807) is 0 Å². The summed E-state index contributed by atoms with van der Waals surface area (Å²) in [6.45, 7) is 6.26. The maximum absolute atomic E-state index is 12.4. The van der Waals surface area contributed by atoms with Crippen LogP contribution in [0.4, 0.5) is 4.39 Å². The zero-order valence-electron chi connectivity index (χ0n) is 23.5. The van der Waals surface area contributed by atoms with Crippen molar-refractivity contribution in [2.45, 2.75) is 33.2 Å². The molecule has 2 aromatic heterocycles. The van der Waals surface area contributed by atoms with Crippen molar-refractivity contribution >= 4 is 33.4 Å². The van der Waals surface area contributed by atoms with Gasteiger partial charge in [-0.1, -0.05) is 66.2 Å². The Labute approximate surface area is 245 Å². The lowest BCUT2D eigenvalue weighted by Gasteiger charge is -2.15. The van der Waals surface area contributed by atoms with Crippen LogP contribution in [0.2, 0.25) is 5.02 Å².